The summed E-state index contributed by atoms with van der Waals surface area (Å²) < 4.78 is 0. The topological polar surface area (TPSA) is 67.6 Å². The lowest BCUT2D eigenvalue weighted by molar-refractivity contribution is 1.10. The summed E-state index contributed by atoms with van der Waals surface area (Å²) in [6.07, 6.45) is 1.81. The van der Waals surface area contributed by atoms with E-state index in [1.54, 1.807) is 28.2 Å². The molecular weight excluding hydrogens is 240 g/mol. The van der Waals surface area contributed by atoms with Crippen molar-refractivity contribution in [2.75, 3.05) is 5.73 Å². The summed E-state index contributed by atoms with van der Waals surface area (Å²) in [6.45, 7) is 0. The average Bonchev–Trinajstić information content (AvgIpc) is 2.96. The number of nitrogen functional groups attached to an aromatic ring is 1. The number of hydrogen-bond acceptors (Lipinski definition) is 5. The molecule has 0 aliphatic heterocycles. The predicted octanol–water partition coefficient (Wildman–Crippen LogP) is 2.84. The monoisotopic (exact) mass is 248 g/mol. The fourth-order valence-electron chi connectivity index (χ4n) is 1.54. The van der Waals surface area contributed by atoms with Crippen molar-refractivity contribution in [2.24, 2.45) is 0 Å². The Bertz CT molecular complexity index is 580. The van der Waals surface area contributed by atoms with E-state index in [-0.39, 0.29) is 0 Å². The Morgan fingerprint density at radius 1 is 1.25 bits per heavy atom. The first-order valence-electron chi connectivity index (χ1n) is 4.63. The first kappa shape index (κ1) is 9.56. The Labute approximate surface area is 99.8 Å². The number of nitrogens with two attached hydrogens (primary N) is 1. The summed E-state index contributed by atoms with van der Waals surface area (Å²) in [5.41, 5.74) is 9.60. The molecule has 0 aliphatic rings. The van der Waals surface area contributed by atoms with Crippen molar-refractivity contribution >= 4 is 28.5 Å². The summed E-state index contributed by atoms with van der Waals surface area (Å²) in [6, 6.07) is 4.04. The van der Waals surface area contributed by atoms with Crippen LogP contribution >= 0.6 is 22.7 Å². The molecule has 0 unspecified atom stereocenters. The lowest BCUT2D eigenvalue weighted by atomic mass is 10.2. The number of nitrogens with zero attached hydrogens (tertiary/aromatic N) is 2. The minimum atomic E-state index is 0.533. The molecule has 16 heavy (non-hydrogen) atoms. The molecule has 0 atom stereocenters. The van der Waals surface area contributed by atoms with Crippen molar-refractivity contribution in [2.45, 2.75) is 0 Å². The van der Waals surface area contributed by atoms with Gasteiger partial charge in [-0.3, -0.25) is 10.1 Å². The highest BCUT2D eigenvalue weighted by molar-refractivity contribution is 7.14. The third kappa shape index (κ3) is 1.43. The molecule has 0 radical (unpaired) electrons. The van der Waals surface area contributed by atoms with Crippen molar-refractivity contribution in [3.05, 3.63) is 29.2 Å². The number of rotatable bonds is 2. The summed E-state index contributed by atoms with van der Waals surface area (Å²) >= 11 is 3.22. The molecule has 0 aromatic carbocycles. The van der Waals surface area contributed by atoms with Gasteiger partial charge in [0.1, 0.15) is 0 Å². The van der Waals surface area contributed by atoms with Crippen molar-refractivity contribution in [3.63, 3.8) is 0 Å². The van der Waals surface area contributed by atoms with E-state index in [1.165, 1.54) is 0 Å². The van der Waals surface area contributed by atoms with E-state index in [1.807, 2.05) is 23.7 Å². The molecule has 3 aromatic heterocycles. The molecule has 0 amide bonds. The van der Waals surface area contributed by atoms with E-state index in [0.717, 1.165) is 21.0 Å². The number of thiophene rings is 1. The molecule has 0 bridgehead atoms. The van der Waals surface area contributed by atoms with Gasteiger partial charge >= 0.3 is 0 Å². The normalized spacial score (nSPS) is 10.8. The van der Waals surface area contributed by atoms with E-state index in [2.05, 4.69) is 15.2 Å². The molecule has 0 saturated carbocycles. The van der Waals surface area contributed by atoms with Gasteiger partial charge in [-0.05, 0) is 11.4 Å². The van der Waals surface area contributed by atoms with Gasteiger partial charge in [0.2, 0.25) is 0 Å². The Morgan fingerprint density at radius 2 is 2.19 bits per heavy atom. The van der Waals surface area contributed by atoms with E-state index >= 15 is 0 Å². The number of aromatic amines is 1. The molecular formula is C10H8N4S2. The zero-order valence-electron chi connectivity index (χ0n) is 8.18. The molecule has 6 heteroatoms. The van der Waals surface area contributed by atoms with Crippen molar-refractivity contribution in [1.29, 1.82) is 0 Å². The molecule has 3 N–H and O–H groups in total. The van der Waals surface area contributed by atoms with E-state index in [9.17, 15) is 0 Å². The lowest BCUT2D eigenvalue weighted by Crippen LogP contribution is -1.86. The molecule has 3 heterocycles. The smallest absolute Gasteiger partial charge is 0.154 e. The highest BCUT2D eigenvalue weighted by Crippen LogP contribution is 2.38. The van der Waals surface area contributed by atoms with Gasteiger partial charge in [0.05, 0.1) is 21.6 Å². The number of nitrogens with one attached hydrogen (secondary N) is 1. The van der Waals surface area contributed by atoms with Gasteiger partial charge in [-0.25, -0.2) is 0 Å². The average molecular weight is 248 g/mol. The minimum Gasteiger partial charge on any atom is -0.382 e. The quantitative estimate of drug-likeness (QED) is 0.732. The fourth-order valence-corrected chi connectivity index (χ4v) is 2.95. The van der Waals surface area contributed by atoms with Gasteiger partial charge in [-0.1, -0.05) is 6.07 Å². The lowest BCUT2D eigenvalue weighted by Gasteiger charge is -1.98. The largest absolute Gasteiger partial charge is 0.382 e. The predicted molar refractivity (Wildman–Crippen MR) is 67.4 cm³/mol. The maximum Gasteiger partial charge on any atom is 0.154 e. The second-order valence-corrected chi connectivity index (χ2v) is 5.04. The second kappa shape index (κ2) is 3.73. The number of aromatic nitrogens is 3. The third-order valence-corrected chi connectivity index (χ3v) is 3.92. The Kier molecular flexibility index (Phi) is 2.23. The van der Waals surface area contributed by atoms with Gasteiger partial charge in [0, 0.05) is 11.1 Å². The molecule has 80 valence electrons. The van der Waals surface area contributed by atoms with Crippen LogP contribution in [0.3, 0.4) is 0 Å². The maximum atomic E-state index is 5.89. The zero-order chi connectivity index (χ0) is 11.0. The first-order chi connectivity index (χ1) is 7.86. The van der Waals surface area contributed by atoms with E-state index < -0.39 is 0 Å². The van der Waals surface area contributed by atoms with Crippen molar-refractivity contribution in [3.8, 4) is 21.0 Å². The van der Waals surface area contributed by atoms with Crippen LogP contribution in [0.15, 0.2) is 29.2 Å². The summed E-state index contributed by atoms with van der Waals surface area (Å²) in [5, 5.41) is 9.06. The summed E-state index contributed by atoms with van der Waals surface area (Å²) in [5.74, 6) is 0.533. The molecule has 3 rings (SSSR count). The number of anilines is 1. The fraction of sp³-hybridized carbons (Fsp3) is 0. The van der Waals surface area contributed by atoms with E-state index in [4.69, 9.17) is 5.73 Å². The highest BCUT2D eigenvalue weighted by Gasteiger charge is 2.16. The second-order valence-electron chi connectivity index (χ2n) is 3.20. The number of H-pyrrole nitrogens is 1. The van der Waals surface area contributed by atoms with Gasteiger partial charge in [-0.15, -0.1) is 22.7 Å². The Hall–Kier alpha value is -1.66. The van der Waals surface area contributed by atoms with Gasteiger partial charge in [0.25, 0.3) is 0 Å². The van der Waals surface area contributed by atoms with Crippen LogP contribution < -0.4 is 5.73 Å². The molecule has 0 aliphatic carbocycles. The SMILES string of the molecule is Nc1n[nH]c(-c2cncs2)c1-c1cccs1. The van der Waals surface area contributed by atoms with E-state index in [0.29, 0.717) is 5.82 Å². The Morgan fingerprint density at radius 3 is 2.88 bits per heavy atom. The molecule has 0 spiro atoms. The van der Waals surface area contributed by atoms with Crippen molar-refractivity contribution < 1.29 is 0 Å². The first-order valence-corrected chi connectivity index (χ1v) is 6.39. The molecule has 0 fully saturated rings. The highest BCUT2D eigenvalue weighted by atomic mass is 32.1. The van der Waals surface area contributed by atoms with Gasteiger partial charge in [0.15, 0.2) is 5.82 Å². The molecule has 4 nitrogen and oxygen atoms in total. The van der Waals surface area contributed by atoms with Crippen molar-refractivity contribution in [1.82, 2.24) is 15.2 Å². The third-order valence-electron chi connectivity index (χ3n) is 2.24. The minimum absolute atomic E-state index is 0.533. The van der Waals surface area contributed by atoms with Crippen LogP contribution in [0.5, 0.6) is 0 Å². The van der Waals surface area contributed by atoms with Gasteiger partial charge in [-0.2, -0.15) is 5.10 Å². The van der Waals surface area contributed by atoms with Crippen LogP contribution in [0.1, 0.15) is 0 Å². The van der Waals surface area contributed by atoms with Crippen LogP contribution in [0.25, 0.3) is 21.0 Å². The standard InChI is InChI=1S/C10H8N4S2/c11-10-8(6-2-1-3-15-6)9(13-14-10)7-4-12-5-16-7/h1-5H,(H3,11,13,14). The summed E-state index contributed by atoms with van der Waals surface area (Å²) in [4.78, 5) is 6.23. The maximum absolute atomic E-state index is 5.89. The van der Waals surface area contributed by atoms with Crippen LogP contribution in [-0.4, -0.2) is 15.2 Å². The zero-order valence-corrected chi connectivity index (χ0v) is 9.81. The number of hydrogen-bond donors (Lipinski definition) is 2. The Balaban J connectivity index is 2.21. The van der Waals surface area contributed by atoms with Gasteiger partial charge < -0.3 is 5.73 Å². The van der Waals surface area contributed by atoms with Crippen LogP contribution in [0.4, 0.5) is 5.82 Å². The van der Waals surface area contributed by atoms with Crippen LogP contribution in [0, 0.1) is 0 Å². The molecule has 0 saturated heterocycles. The van der Waals surface area contributed by atoms with Crippen LogP contribution in [-0.2, 0) is 0 Å². The van der Waals surface area contributed by atoms with Crippen LogP contribution in [0.2, 0.25) is 0 Å². The number of thiazole rings is 1. The molecule has 3 aromatic rings. The summed E-state index contributed by atoms with van der Waals surface area (Å²) in [7, 11) is 0.